The summed E-state index contributed by atoms with van der Waals surface area (Å²) in [5, 5.41) is 6.29. The van der Waals surface area contributed by atoms with Crippen molar-refractivity contribution in [1.82, 2.24) is 15.3 Å². The van der Waals surface area contributed by atoms with Crippen LogP contribution in [0.25, 0.3) is 0 Å². The van der Waals surface area contributed by atoms with Crippen LogP contribution < -0.4 is 15.5 Å². The Labute approximate surface area is 103 Å². The van der Waals surface area contributed by atoms with E-state index in [4.69, 9.17) is 0 Å². The number of aryl methyl sites for hydroxylation is 1. The zero-order chi connectivity index (χ0) is 12.7. The molecule has 0 bridgehead atoms. The fourth-order valence-electron chi connectivity index (χ4n) is 1.41. The first-order valence-corrected chi connectivity index (χ1v) is 5.73. The second-order valence-corrected chi connectivity index (χ2v) is 3.85. The maximum atomic E-state index is 4.42. The Balaban J connectivity index is 2.76. The quantitative estimate of drug-likeness (QED) is 0.692. The van der Waals surface area contributed by atoms with E-state index in [9.17, 15) is 0 Å². The molecule has 0 amide bonds. The number of nitrogens with one attached hydrogen (secondary N) is 2. The second-order valence-electron chi connectivity index (χ2n) is 3.85. The summed E-state index contributed by atoms with van der Waals surface area (Å²) in [6, 6.07) is 1.95. The maximum Gasteiger partial charge on any atom is 0.134 e. The second kappa shape index (κ2) is 6.85. The van der Waals surface area contributed by atoms with E-state index in [1.165, 1.54) is 0 Å². The zero-order valence-corrected chi connectivity index (χ0v) is 10.8. The van der Waals surface area contributed by atoms with Gasteiger partial charge in [-0.2, -0.15) is 0 Å². The number of aromatic nitrogens is 2. The summed E-state index contributed by atoms with van der Waals surface area (Å²) in [6.07, 6.45) is 1.81. The Morgan fingerprint density at radius 1 is 1.47 bits per heavy atom. The van der Waals surface area contributed by atoms with Gasteiger partial charge in [0.15, 0.2) is 0 Å². The molecule has 0 fully saturated rings. The first kappa shape index (κ1) is 13.4. The van der Waals surface area contributed by atoms with Crippen molar-refractivity contribution in [2.45, 2.75) is 6.92 Å². The van der Waals surface area contributed by atoms with Gasteiger partial charge in [-0.05, 0) is 14.0 Å². The van der Waals surface area contributed by atoms with Crippen molar-refractivity contribution in [2.24, 2.45) is 0 Å². The van der Waals surface area contributed by atoms with Crippen LogP contribution in [0.1, 0.15) is 5.82 Å². The van der Waals surface area contributed by atoms with Gasteiger partial charge in [0.2, 0.25) is 0 Å². The van der Waals surface area contributed by atoms with E-state index in [0.29, 0.717) is 6.54 Å². The maximum absolute atomic E-state index is 4.42. The summed E-state index contributed by atoms with van der Waals surface area (Å²) in [7, 11) is 3.96. The van der Waals surface area contributed by atoms with Gasteiger partial charge < -0.3 is 15.5 Å². The lowest BCUT2D eigenvalue weighted by molar-refractivity contribution is 0.759. The van der Waals surface area contributed by atoms with E-state index >= 15 is 0 Å². The molecule has 0 unspecified atom stereocenters. The fourth-order valence-corrected chi connectivity index (χ4v) is 1.41. The molecular formula is C12H21N5. The number of anilines is 2. The van der Waals surface area contributed by atoms with Gasteiger partial charge in [-0.1, -0.05) is 6.08 Å². The van der Waals surface area contributed by atoms with Crippen molar-refractivity contribution in [3.63, 3.8) is 0 Å². The highest BCUT2D eigenvalue weighted by atomic mass is 15.2. The Hall–Kier alpha value is -1.62. The topological polar surface area (TPSA) is 53.1 Å². The largest absolute Gasteiger partial charge is 0.366 e. The van der Waals surface area contributed by atoms with Gasteiger partial charge in [-0.3, -0.25) is 0 Å². The van der Waals surface area contributed by atoms with Crippen LogP contribution in [0.15, 0.2) is 18.7 Å². The summed E-state index contributed by atoms with van der Waals surface area (Å²) < 4.78 is 0. The van der Waals surface area contributed by atoms with Crippen LogP contribution in [0.3, 0.4) is 0 Å². The number of hydrogen-bond donors (Lipinski definition) is 2. The molecule has 5 nitrogen and oxygen atoms in total. The molecule has 0 aliphatic heterocycles. The molecule has 0 radical (unpaired) electrons. The molecule has 0 saturated carbocycles. The van der Waals surface area contributed by atoms with E-state index < -0.39 is 0 Å². The van der Waals surface area contributed by atoms with Gasteiger partial charge in [0.25, 0.3) is 0 Å². The third kappa shape index (κ3) is 4.40. The minimum Gasteiger partial charge on any atom is -0.366 e. The van der Waals surface area contributed by atoms with Gasteiger partial charge in [-0.25, -0.2) is 9.97 Å². The van der Waals surface area contributed by atoms with Gasteiger partial charge in [-0.15, -0.1) is 6.58 Å². The molecule has 17 heavy (non-hydrogen) atoms. The summed E-state index contributed by atoms with van der Waals surface area (Å²) in [5.74, 6) is 2.54. The summed E-state index contributed by atoms with van der Waals surface area (Å²) in [4.78, 5) is 10.8. The lowest BCUT2D eigenvalue weighted by Gasteiger charge is -2.19. The summed E-state index contributed by atoms with van der Waals surface area (Å²) in [5.41, 5.74) is 0. The van der Waals surface area contributed by atoms with E-state index in [1.54, 1.807) is 0 Å². The predicted molar refractivity (Wildman–Crippen MR) is 72.7 cm³/mol. The fraction of sp³-hybridized carbons (Fsp3) is 0.500. The van der Waals surface area contributed by atoms with E-state index in [-0.39, 0.29) is 0 Å². The van der Waals surface area contributed by atoms with Crippen molar-refractivity contribution < 1.29 is 0 Å². The molecule has 0 aliphatic rings. The number of nitrogens with zero attached hydrogens (tertiary/aromatic N) is 3. The molecule has 0 atom stereocenters. The van der Waals surface area contributed by atoms with Crippen molar-refractivity contribution in [3.8, 4) is 0 Å². The van der Waals surface area contributed by atoms with Gasteiger partial charge >= 0.3 is 0 Å². The molecule has 0 saturated heterocycles. The molecule has 0 aromatic carbocycles. The molecule has 0 spiro atoms. The van der Waals surface area contributed by atoms with E-state index in [0.717, 1.165) is 30.5 Å². The SMILES string of the molecule is C=CCNc1cc(N(C)CCNC)nc(C)n1. The Morgan fingerprint density at radius 3 is 2.88 bits per heavy atom. The average molecular weight is 235 g/mol. The molecule has 94 valence electrons. The lowest BCUT2D eigenvalue weighted by atomic mass is 10.4. The van der Waals surface area contributed by atoms with Gasteiger partial charge in [0.1, 0.15) is 17.5 Å². The number of likely N-dealkylation sites (N-methyl/N-ethyl adjacent to an activating group) is 2. The highest BCUT2D eigenvalue weighted by Crippen LogP contribution is 2.14. The summed E-state index contributed by atoms with van der Waals surface area (Å²) >= 11 is 0. The molecule has 2 N–H and O–H groups in total. The predicted octanol–water partition coefficient (Wildman–Crippen LogP) is 1.04. The highest BCUT2D eigenvalue weighted by molar-refractivity contribution is 5.49. The molecule has 1 rings (SSSR count). The van der Waals surface area contributed by atoms with Crippen LogP contribution in [-0.4, -0.2) is 43.7 Å². The van der Waals surface area contributed by atoms with Gasteiger partial charge in [0.05, 0.1) is 0 Å². The van der Waals surface area contributed by atoms with Crippen LogP contribution in [0.2, 0.25) is 0 Å². The van der Waals surface area contributed by atoms with Crippen LogP contribution in [-0.2, 0) is 0 Å². The molecule has 5 heteroatoms. The molecular weight excluding hydrogens is 214 g/mol. The summed E-state index contributed by atoms with van der Waals surface area (Å²) in [6.45, 7) is 8.11. The third-order valence-electron chi connectivity index (χ3n) is 2.34. The van der Waals surface area contributed by atoms with Crippen LogP contribution >= 0.6 is 0 Å². The van der Waals surface area contributed by atoms with Crippen LogP contribution in [0.4, 0.5) is 11.6 Å². The van der Waals surface area contributed by atoms with Gasteiger partial charge in [0, 0.05) is 32.7 Å². The molecule has 1 aromatic rings. The van der Waals surface area contributed by atoms with E-state index in [2.05, 4.69) is 32.1 Å². The minimum absolute atomic E-state index is 0.704. The lowest BCUT2D eigenvalue weighted by Crippen LogP contribution is -2.28. The van der Waals surface area contributed by atoms with Crippen molar-refractivity contribution >= 4 is 11.6 Å². The molecule has 0 aliphatic carbocycles. The first-order chi connectivity index (χ1) is 8.17. The van der Waals surface area contributed by atoms with Crippen molar-refractivity contribution in [3.05, 3.63) is 24.5 Å². The Kier molecular flexibility index (Phi) is 5.42. The van der Waals surface area contributed by atoms with Crippen LogP contribution in [0.5, 0.6) is 0 Å². The monoisotopic (exact) mass is 235 g/mol. The zero-order valence-electron chi connectivity index (χ0n) is 10.8. The smallest absolute Gasteiger partial charge is 0.134 e. The Bertz CT molecular complexity index is 364. The highest BCUT2D eigenvalue weighted by Gasteiger charge is 2.05. The van der Waals surface area contributed by atoms with Crippen molar-refractivity contribution in [2.75, 3.05) is 43.9 Å². The van der Waals surface area contributed by atoms with Crippen LogP contribution in [0, 0.1) is 6.92 Å². The first-order valence-electron chi connectivity index (χ1n) is 5.73. The Morgan fingerprint density at radius 2 is 2.24 bits per heavy atom. The molecule has 1 heterocycles. The van der Waals surface area contributed by atoms with E-state index in [1.807, 2.05) is 33.2 Å². The van der Waals surface area contributed by atoms with Crippen molar-refractivity contribution in [1.29, 1.82) is 0 Å². The molecule has 1 aromatic heterocycles. The standard InChI is InChI=1S/C12H21N5/c1-5-6-14-11-9-12(16-10(2)15-11)17(4)8-7-13-3/h5,9,13H,1,6-8H2,2-4H3,(H,14,15,16). The number of hydrogen-bond acceptors (Lipinski definition) is 5. The normalized spacial score (nSPS) is 10.1. The average Bonchev–Trinajstić information content (AvgIpc) is 2.32. The third-order valence-corrected chi connectivity index (χ3v) is 2.34. The number of rotatable bonds is 7. The minimum atomic E-state index is 0.704.